The SMILES string of the molecule is Cc1c(C(=O)NCC2(O)CCCC2)nnn1-c1cccc(Cl)c1. The number of nitrogens with zero attached hydrogens (tertiary/aromatic N) is 3. The molecule has 3 rings (SSSR count). The third-order valence-corrected chi connectivity index (χ3v) is 4.51. The van der Waals surface area contributed by atoms with Crippen LogP contribution in [0.1, 0.15) is 41.9 Å². The zero-order chi connectivity index (χ0) is 16.4. The maximum Gasteiger partial charge on any atom is 0.273 e. The lowest BCUT2D eigenvalue weighted by Crippen LogP contribution is -2.41. The van der Waals surface area contributed by atoms with E-state index in [4.69, 9.17) is 11.6 Å². The number of carbonyl (C=O) groups excluding carboxylic acids is 1. The monoisotopic (exact) mass is 334 g/mol. The van der Waals surface area contributed by atoms with E-state index in [1.54, 1.807) is 23.7 Å². The van der Waals surface area contributed by atoms with Crippen molar-refractivity contribution in [3.63, 3.8) is 0 Å². The smallest absolute Gasteiger partial charge is 0.273 e. The minimum absolute atomic E-state index is 0.245. The number of aliphatic hydroxyl groups is 1. The molecule has 1 aromatic carbocycles. The van der Waals surface area contributed by atoms with E-state index >= 15 is 0 Å². The topological polar surface area (TPSA) is 80.0 Å². The van der Waals surface area contributed by atoms with E-state index in [1.807, 2.05) is 12.1 Å². The summed E-state index contributed by atoms with van der Waals surface area (Å²) in [5.41, 5.74) is 0.845. The highest BCUT2D eigenvalue weighted by Gasteiger charge is 2.32. The summed E-state index contributed by atoms with van der Waals surface area (Å²) in [5.74, 6) is -0.323. The lowest BCUT2D eigenvalue weighted by Gasteiger charge is -2.21. The van der Waals surface area contributed by atoms with E-state index in [0.717, 1.165) is 31.4 Å². The Morgan fingerprint density at radius 2 is 2.17 bits per heavy atom. The van der Waals surface area contributed by atoms with Crippen molar-refractivity contribution in [2.75, 3.05) is 6.54 Å². The Morgan fingerprint density at radius 3 is 2.87 bits per heavy atom. The highest BCUT2D eigenvalue weighted by molar-refractivity contribution is 6.30. The number of carbonyl (C=O) groups is 1. The van der Waals surface area contributed by atoms with Gasteiger partial charge in [-0.1, -0.05) is 35.7 Å². The molecular weight excluding hydrogens is 316 g/mol. The van der Waals surface area contributed by atoms with Crippen LogP contribution < -0.4 is 5.32 Å². The average molecular weight is 335 g/mol. The Hall–Kier alpha value is -1.92. The van der Waals surface area contributed by atoms with E-state index in [-0.39, 0.29) is 18.1 Å². The van der Waals surface area contributed by atoms with Crippen molar-refractivity contribution in [2.24, 2.45) is 0 Å². The molecule has 1 saturated carbocycles. The first-order valence-electron chi connectivity index (χ1n) is 7.67. The number of amides is 1. The number of nitrogens with one attached hydrogen (secondary N) is 1. The second kappa shape index (κ2) is 6.29. The Bertz CT molecular complexity index is 723. The van der Waals surface area contributed by atoms with Crippen LogP contribution in [0, 0.1) is 6.92 Å². The van der Waals surface area contributed by atoms with Crippen LogP contribution in [0.4, 0.5) is 0 Å². The van der Waals surface area contributed by atoms with Crippen molar-refractivity contribution in [3.8, 4) is 5.69 Å². The number of benzene rings is 1. The van der Waals surface area contributed by atoms with Crippen molar-refractivity contribution in [3.05, 3.63) is 40.7 Å². The van der Waals surface area contributed by atoms with Crippen molar-refractivity contribution < 1.29 is 9.90 Å². The third kappa shape index (κ3) is 3.38. The van der Waals surface area contributed by atoms with Gasteiger partial charge in [-0.2, -0.15) is 0 Å². The molecule has 1 fully saturated rings. The molecule has 0 bridgehead atoms. The van der Waals surface area contributed by atoms with Gasteiger partial charge in [0.25, 0.3) is 5.91 Å². The molecule has 1 aliphatic carbocycles. The van der Waals surface area contributed by atoms with E-state index < -0.39 is 5.60 Å². The summed E-state index contributed by atoms with van der Waals surface area (Å²) < 4.78 is 1.57. The molecule has 2 N–H and O–H groups in total. The van der Waals surface area contributed by atoms with Gasteiger partial charge in [0, 0.05) is 11.6 Å². The molecule has 2 aromatic rings. The second-order valence-electron chi connectivity index (χ2n) is 6.03. The molecule has 0 aliphatic heterocycles. The molecule has 0 radical (unpaired) electrons. The minimum Gasteiger partial charge on any atom is -0.388 e. The van der Waals surface area contributed by atoms with Gasteiger partial charge < -0.3 is 10.4 Å². The number of aromatic nitrogens is 3. The molecule has 7 heteroatoms. The maximum atomic E-state index is 12.3. The summed E-state index contributed by atoms with van der Waals surface area (Å²) in [6.45, 7) is 2.02. The van der Waals surface area contributed by atoms with Gasteiger partial charge in [-0.25, -0.2) is 4.68 Å². The number of hydrogen-bond donors (Lipinski definition) is 2. The van der Waals surface area contributed by atoms with Crippen LogP contribution in [-0.4, -0.2) is 38.2 Å². The molecule has 1 aliphatic rings. The molecule has 0 saturated heterocycles. The number of halogens is 1. The fourth-order valence-corrected chi connectivity index (χ4v) is 3.12. The normalized spacial score (nSPS) is 16.5. The molecule has 1 heterocycles. The molecule has 0 atom stereocenters. The van der Waals surface area contributed by atoms with Crippen LogP contribution in [0.2, 0.25) is 5.02 Å². The summed E-state index contributed by atoms with van der Waals surface area (Å²) in [6, 6.07) is 7.18. The standard InChI is InChI=1S/C16H19ClN4O2/c1-11-14(15(22)18-10-16(23)7-2-3-8-16)19-20-21(11)13-6-4-5-12(17)9-13/h4-6,9,23H,2-3,7-8,10H2,1H3,(H,18,22). The van der Waals surface area contributed by atoms with Gasteiger partial charge in [0.2, 0.25) is 0 Å². The van der Waals surface area contributed by atoms with Gasteiger partial charge in [0.15, 0.2) is 5.69 Å². The Balaban J connectivity index is 1.75. The van der Waals surface area contributed by atoms with E-state index in [2.05, 4.69) is 15.6 Å². The number of rotatable bonds is 4. The first-order valence-corrected chi connectivity index (χ1v) is 8.05. The molecule has 1 aromatic heterocycles. The van der Waals surface area contributed by atoms with Gasteiger partial charge >= 0.3 is 0 Å². The van der Waals surface area contributed by atoms with Gasteiger partial charge in [0.05, 0.1) is 17.0 Å². The lowest BCUT2D eigenvalue weighted by molar-refractivity contribution is 0.0448. The highest BCUT2D eigenvalue weighted by atomic mass is 35.5. The largest absolute Gasteiger partial charge is 0.388 e. The van der Waals surface area contributed by atoms with E-state index in [0.29, 0.717) is 10.7 Å². The molecule has 0 spiro atoms. The molecule has 6 nitrogen and oxygen atoms in total. The van der Waals surface area contributed by atoms with Crippen molar-refractivity contribution in [2.45, 2.75) is 38.2 Å². The molecule has 23 heavy (non-hydrogen) atoms. The van der Waals surface area contributed by atoms with Crippen LogP contribution in [0.5, 0.6) is 0 Å². The van der Waals surface area contributed by atoms with E-state index in [1.165, 1.54) is 0 Å². The zero-order valence-corrected chi connectivity index (χ0v) is 13.7. The Kier molecular flexibility index (Phi) is 4.37. The Labute approximate surface area is 139 Å². The van der Waals surface area contributed by atoms with Gasteiger partial charge in [-0.3, -0.25) is 4.79 Å². The quantitative estimate of drug-likeness (QED) is 0.898. The van der Waals surface area contributed by atoms with Crippen LogP contribution in [0.25, 0.3) is 5.69 Å². The van der Waals surface area contributed by atoms with Crippen molar-refractivity contribution in [1.82, 2.24) is 20.3 Å². The molecule has 122 valence electrons. The maximum absolute atomic E-state index is 12.3. The minimum atomic E-state index is -0.785. The van der Waals surface area contributed by atoms with E-state index in [9.17, 15) is 9.90 Å². The summed E-state index contributed by atoms with van der Waals surface area (Å²) in [7, 11) is 0. The predicted molar refractivity (Wildman–Crippen MR) is 86.9 cm³/mol. The first-order chi connectivity index (χ1) is 11.0. The van der Waals surface area contributed by atoms with Gasteiger partial charge in [-0.05, 0) is 38.0 Å². The highest BCUT2D eigenvalue weighted by Crippen LogP contribution is 2.28. The Morgan fingerprint density at radius 1 is 1.43 bits per heavy atom. The summed E-state index contributed by atoms with van der Waals surface area (Å²) >= 11 is 5.99. The van der Waals surface area contributed by atoms with Gasteiger partial charge in [-0.15, -0.1) is 5.10 Å². The molecule has 0 unspecified atom stereocenters. The molecular formula is C16H19ClN4O2. The molecule has 1 amide bonds. The average Bonchev–Trinajstić information content (AvgIpc) is 3.12. The van der Waals surface area contributed by atoms with Crippen LogP contribution in [-0.2, 0) is 0 Å². The lowest BCUT2D eigenvalue weighted by atomic mass is 10.0. The fraction of sp³-hybridized carbons (Fsp3) is 0.438. The van der Waals surface area contributed by atoms with Gasteiger partial charge in [0.1, 0.15) is 0 Å². The predicted octanol–water partition coefficient (Wildman–Crippen LogP) is 2.26. The number of hydrogen-bond acceptors (Lipinski definition) is 4. The second-order valence-corrected chi connectivity index (χ2v) is 6.47. The van der Waals surface area contributed by atoms with Crippen LogP contribution >= 0.6 is 11.6 Å². The first kappa shape index (κ1) is 16.0. The van der Waals surface area contributed by atoms with Crippen molar-refractivity contribution >= 4 is 17.5 Å². The summed E-state index contributed by atoms with van der Waals surface area (Å²) in [5, 5.41) is 21.7. The summed E-state index contributed by atoms with van der Waals surface area (Å²) in [6.07, 6.45) is 3.44. The van der Waals surface area contributed by atoms with Crippen LogP contribution in [0.3, 0.4) is 0 Å². The fourth-order valence-electron chi connectivity index (χ4n) is 2.93. The van der Waals surface area contributed by atoms with Crippen LogP contribution in [0.15, 0.2) is 24.3 Å². The summed E-state index contributed by atoms with van der Waals surface area (Å²) in [4.78, 5) is 12.3. The van der Waals surface area contributed by atoms with Crippen molar-refractivity contribution in [1.29, 1.82) is 0 Å². The third-order valence-electron chi connectivity index (χ3n) is 4.27. The zero-order valence-electron chi connectivity index (χ0n) is 12.9.